The maximum absolute atomic E-state index is 11.6. The molecule has 0 amide bonds. The summed E-state index contributed by atoms with van der Waals surface area (Å²) in [5.41, 5.74) is 0. The lowest BCUT2D eigenvalue weighted by atomic mass is 9.83. The number of hydrogen-bond acceptors (Lipinski definition) is 3. The van der Waals surface area contributed by atoms with E-state index in [1.807, 2.05) is 13.8 Å². The Kier molecular flexibility index (Phi) is 6.56. The van der Waals surface area contributed by atoms with Gasteiger partial charge >= 0.3 is 5.97 Å². The molecule has 3 nitrogen and oxygen atoms in total. The Bertz CT molecular complexity index is 222. The monoisotopic (exact) mass is 241 g/mol. The summed E-state index contributed by atoms with van der Waals surface area (Å²) in [7, 11) is 0. The van der Waals surface area contributed by atoms with Crippen molar-refractivity contribution in [1.82, 2.24) is 5.32 Å². The number of carbonyl (C=O) groups excluding carboxylic acids is 1. The van der Waals surface area contributed by atoms with Crippen molar-refractivity contribution in [2.24, 2.45) is 11.8 Å². The van der Waals surface area contributed by atoms with Crippen molar-refractivity contribution in [3.63, 3.8) is 0 Å². The summed E-state index contributed by atoms with van der Waals surface area (Å²) in [4.78, 5) is 11.6. The Morgan fingerprint density at radius 3 is 2.47 bits per heavy atom. The molecule has 3 heteroatoms. The second kappa shape index (κ2) is 7.70. The number of ether oxygens (including phenoxy) is 1. The molecule has 0 heterocycles. The van der Waals surface area contributed by atoms with E-state index in [4.69, 9.17) is 4.74 Å². The highest BCUT2D eigenvalue weighted by Gasteiger charge is 2.21. The summed E-state index contributed by atoms with van der Waals surface area (Å²) in [6.45, 7) is 7.64. The lowest BCUT2D eigenvalue weighted by molar-refractivity contribution is -0.145. The first-order valence-corrected chi connectivity index (χ1v) is 7.07. The van der Waals surface area contributed by atoms with Crippen molar-refractivity contribution in [2.45, 2.75) is 58.9 Å². The minimum Gasteiger partial charge on any atom is -0.465 e. The third-order valence-electron chi connectivity index (χ3n) is 3.77. The van der Waals surface area contributed by atoms with Crippen molar-refractivity contribution < 1.29 is 9.53 Å². The van der Waals surface area contributed by atoms with Crippen LogP contribution in [0, 0.1) is 11.8 Å². The summed E-state index contributed by atoms with van der Waals surface area (Å²) in [5, 5.41) is 3.36. The second-order valence-corrected chi connectivity index (χ2v) is 5.25. The van der Waals surface area contributed by atoms with E-state index in [-0.39, 0.29) is 12.0 Å². The van der Waals surface area contributed by atoms with Crippen molar-refractivity contribution in [2.75, 3.05) is 13.2 Å². The lowest BCUT2D eigenvalue weighted by Gasteiger charge is -2.27. The zero-order valence-corrected chi connectivity index (χ0v) is 11.5. The molecule has 0 aromatic rings. The highest BCUT2D eigenvalue weighted by molar-refractivity contribution is 5.75. The van der Waals surface area contributed by atoms with E-state index >= 15 is 0 Å². The van der Waals surface area contributed by atoms with Crippen LogP contribution in [0.5, 0.6) is 0 Å². The molecule has 0 aliphatic heterocycles. The number of nitrogens with one attached hydrogen (secondary N) is 1. The molecule has 0 bridgehead atoms. The van der Waals surface area contributed by atoms with Gasteiger partial charge in [0.15, 0.2) is 0 Å². The molecule has 100 valence electrons. The van der Waals surface area contributed by atoms with Crippen molar-refractivity contribution in [1.29, 1.82) is 0 Å². The molecule has 17 heavy (non-hydrogen) atoms. The summed E-state index contributed by atoms with van der Waals surface area (Å²) >= 11 is 0. The van der Waals surface area contributed by atoms with Gasteiger partial charge in [-0.15, -0.1) is 0 Å². The van der Waals surface area contributed by atoms with E-state index in [2.05, 4.69) is 12.2 Å². The molecule has 1 atom stereocenters. The Hall–Kier alpha value is -0.570. The SMILES string of the molecule is CCOC(=O)C(CC)NCC1CCC(C)CC1. The maximum atomic E-state index is 11.6. The average Bonchev–Trinajstić information content (AvgIpc) is 2.32. The van der Waals surface area contributed by atoms with Gasteiger partial charge in [-0.1, -0.05) is 26.7 Å². The van der Waals surface area contributed by atoms with Crippen LogP contribution >= 0.6 is 0 Å². The Balaban J connectivity index is 2.25. The minimum atomic E-state index is -0.116. The summed E-state index contributed by atoms with van der Waals surface area (Å²) in [6, 6.07) is -0.116. The van der Waals surface area contributed by atoms with Gasteiger partial charge in [0.05, 0.1) is 6.61 Å². The lowest BCUT2D eigenvalue weighted by Crippen LogP contribution is -2.40. The number of carbonyl (C=O) groups is 1. The molecular formula is C14H27NO2. The van der Waals surface area contributed by atoms with E-state index in [1.165, 1.54) is 25.7 Å². The van der Waals surface area contributed by atoms with Crippen LogP contribution in [-0.2, 0) is 9.53 Å². The highest BCUT2D eigenvalue weighted by Crippen LogP contribution is 2.27. The highest BCUT2D eigenvalue weighted by atomic mass is 16.5. The van der Waals surface area contributed by atoms with E-state index < -0.39 is 0 Å². The van der Waals surface area contributed by atoms with Crippen LogP contribution in [0.3, 0.4) is 0 Å². The number of esters is 1. The molecule has 1 aliphatic carbocycles. The van der Waals surface area contributed by atoms with Gasteiger partial charge in [0.2, 0.25) is 0 Å². The molecule has 1 saturated carbocycles. The van der Waals surface area contributed by atoms with Gasteiger partial charge in [0.25, 0.3) is 0 Å². The van der Waals surface area contributed by atoms with Gasteiger partial charge in [0.1, 0.15) is 6.04 Å². The Labute approximate surface area is 105 Å². The predicted octanol–water partition coefficient (Wildman–Crippen LogP) is 2.74. The van der Waals surface area contributed by atoms with Crippen molar-refractivity contribution >= 4 is 5.97 Å². The molecule has 1 aliphatic rings. The third-order valence-corrected chi connectivity index (χ3v) is 3.77. The summed E-state index contributed by atoms with van der Waals surface area (Å²) < 4.78 is 5.05. The smallest absolute Gasteiger partial charge is 0.323 e. The molecule has 0 aromatic heterocycles. The standard InChI is InChI=1S/C14H27NO2/c1-4-13(14(16)17-5-2)15-10-12-8-6-11(3)7-9-12/h11-13,15H,4-10H2,1-3H3. The summed E-state index contributed by atoms with van der Waals surface area (Å²) in [5.74, 6) is 1.53. The van der Waals surface area contributed by atoms with Crippen LogP contribution in [0.15, 0.2) is 0 Å². The van der Waals surface area contributed by atoms with E-state index in [0.29, 0.717) is 6.61 Å². The Morgan fingerprint density at radius 1 is 1.29 bits per heavy atom. The van der Waals surface area contributed by atoms with E-state index in [9.17, 15) is 4.79 Å². The van der Waals surface area contributed by atoms with Crippen molar-refractivity contribution in [3.8, 4) is 0 Å². The van der Waals surface area contributed by atoms with Gasteiger partial charge in [-0.25, -0.2) is 0 Å². The van der Waals surface area contributed by atoms with Gasteiger partial charge < -0.3 is 10.1 Å². The molecule has 0 saturated heterocycles. The first kappa shape index (κ1) is 14.5. The van der Waals surface area contributed by atoms with Crippen LogP contribution in [0.4, 0.5) is 0 Å². The van der Waals surface area contributed by atoms with Gasteiger partial charge in [-0.2, -0.15) is 0 Å². The fourth-order valence-electron chi connectivity index (χ4n) is 2.48. The van der Waals surface area contributed by atoms with Crippen LogP contribution in [0.1, 0.15) is 52.9 Å². The molecular weight excluding hydrogens is 214 g/mol. The third kappa shape index (κ3) is 5.07. The van der Waals surface area contributed by atoms with Gasteiger partial charge in [-0.05, 0) is 44.6 Å². The molecule has 0 spiro atoms. The fourth-order valence-corrected chi connectivity index (χ4v) is 2.48. The number of rotatable bonds is 6. The molecule has 0 radical (unpaired) electrons. The van der Waals surface area contributed by atoms with Crippen molar-refractivity contribution in [3.05, 3.63) is 0 Å². The largest absolute Gasteiger partial charge is 0.465 e. The minimum absolute atomic E-state index is 0.0980. The number of hydrogen-bond donors (Lipinski definition) is 1. The van der Waals surface area contributed by atoms with E-state index in [0.717, 1.165) is 24.8 Å². The zero-order valence-electron chi connectivity index (χ0n) is 11.5. The Morgan fingerprint density at radius 2 is 1.94 bits per heavy atom. The van der Waals surface area contributed by atoms with Crippen LogP contribution in [-0.4, -0.2) is 25.2 Å². The fraction of sp³-hybridized carbons (Fsp3) is 0.929. The molecule has 1 fully saturated rings. The van der Waals surface area contributed by atoms with Gasteiger partial charge in [0, 0.05) is 0 Å². The normalized spacial score (nSPS) is 26.5. The van der Waals surface area contributed by atoms with E-state index in [1.54, 1.807) is 0 Å². The average molecular weight is 241 g/mol. The molecule has 1 N–H and O–H groups in total. The predicted molar refractivity (Wildman–Crippen MR) is 69.8 cm³/mol. The molecule has 1 unspecified atom stereocenters. The topological polar surface area (TPSA) is 38.3 Å². The summed E-state index contributed by atoms with van der Waals surface area (Å²) in [6.07, 6.45) is 6.08. The van der Waals surface area contributed by atoms with Crippen LogP contribution < -0.4 is 5.32 Å². The quantitative estimate of drug-likeness (QED) is 0.727. The van der Waals surface area contributed by atoms with Crippen LogP contribution in [0.2, 0.25) is 0 Å². The molecule has 0 aromatic carbocycles. The second-order valence-electron chi connectivity index (χ2n) is 5.25. The molecule has 1 rings (SSSR count). The first-order valence-electron chi connectivity index (χ1n) is 7.07. The first-order chi connectivity index (χ1) is 8.17. The van der Waals surface area contributed by atoms with Crippen LogP contribution in [0.25, 0.3) is 0 Å². The maximum Gasteiger partial charge on any atom is 0.323 e. The zero-order chi connectivity index (χ0) is 12.7. The van der Waals surface area contributed by atoms with Gasteiger partial charge in [-0.3, -0.25) is 4.79 Å².